The molecular weight excluding hydrogens is 417 g/mol. The topological polar surface area (TPSA) is 116 Å². The molecule has 0 aliphatic rings. The molecule has 0 aromatic carbocycles. The van der Waals surface area contributed by atoms with Gasteiger partial charge in [-0.1, -0.05) is 116 Å². The van der Waals surface area contributed by atoms with E-state index < -0.39 is 26.4 Å². The van der Waals surface area contributed by atoms with Crippen molar-refractivity contribution >= 4 is 13.7 Å². The van der Waals surface area contributed by atoms with Gasteiger partial charge in [-0.2, -0.15) is 0 Å². The number of unbranched alkanes of at least 4 members (excludes halogenated alkanes) is 17. The summed E-state index contributed by atoms with van der Waals surface area (Å²) in [5.41, 5.74) is 0. The lowest BCUT2D eigenvalue weighted by Crippen LogP contribution is -2.38. The van der Waals surface area contributed by atoms with Crippen molar-refractivity contribution in [2.45, 2.75) is 129 Å². The van der Waals surface area contributed by atoms with Crippen LogP contribution in [0.1, 0.15) is 122 Å². The van der Waals surface area contributed by atoms with Gasteiger partial charge in [0.05, 0.1) is 13.2 Å². The van der Waals surface area contributed by atoms with Crippen molar-refractivity contribution in [2.75, 3.05) is 13.2 Å². The molecule has 0 bridgehead atoms. The lowest BCUT2D eigenvalue weighted by molar-refractivity contribution is -0.140. The van der Waals surface area contributed by atoms with E-state index in [1.165, 1.54) is 96.3 Å². The van der Waals surface area contributed by atoms with Gasteiger partial charge in [0.15, 0.2) is 0 Å². The van der Waals surface area contributed by atoms with Gasteiger partial charge < -0.3 is 15.1 Å². The van der Waals surface area contributed by atoms with Gasteiger partial charge in [0.2, 0.25) is 0 Å². The maximum Gasteiger partial charge on any atom is 0.403 e. The lowest BCUT2D eigenvalue weighted by atomic mass is 10.0. The molecule has 1 unspecified atom stereocenters. The Morgan fingerprint density at radius 1 is 0.774 bits per heavy atom. The summed E-state index contributed by atoms with van der Waals surface area (Å²) in [6, 6.07) is -1.50. The predicted octanol–water partition coefficient (Wildman–Crippen LogP) is 6.18. The number of nitrogens with one attached hydrogen (secondary N) is 1. The van der Waals surface area contributed by atoms with Gasteiger partial charge in [-0.05, 0) is 6.42 Å². The van der Waals surface area contributed by atoms with Crippen LogP contribution in [0.2, 0.25) is 0 Å². The molecule has 0 saturated heterocycles. The summed E-state index contributed by atoms with van der Waals surface area (Å²) in [7, 11) is -4.20. The van der Waals surface area contributed by atoms with Gasteiger partial charge in [0, 0.05) is 0 Å². The minimum absolute atomic E-state index is 0.0945. The van der Waals surface area contributed by atoms with Crippen molar-refractivity contribution < 1.29 is 29.0 Å². The Labute approximate surface area is 189 Å². The van der Waals surface area contributed by atoms with Gasteiger partial charge in [0.1, 0.15) is 6.04 Å². The molecular formula is C23H48NO6P. The number of carbonyl (C=O) groups is 1. The number of aliphatic hydroxyl groups excluding tert-OH is 1. The summed E-state index contributed by atoms with van der Waals surface area (Å²) in [5, 5.41) is 19.6. The summed E-state index contributed by atoms with van der Waals surface area (Å²) in [6.45, 7) is 1.58. The summed E-state index contributed by atoms with van der Waals surface area (Å²) < 4.78 is 16.6. The summed E-state index contributed by atoms with van der Waals surface area (Å²) >= 11 is 0. The van der Waals surface area contributed by atoms with Crippen LogP contribution >= 0.6 is 7.75 Å². The second-order valence-electron chi connectivity index (χ2n) is 8.57. The van der Waals surface area contributed by atoms with E-state index in [1.807, 2.05) is 5.09 Å². The SMILES string of the molecule is CCCCCCCCCCCCCCCCCCCCOP(=O)(O)N[C@@H](CO)C(=O)O. The van der Waals surface area contributed by atoms with E-state index in [0.29, 0.717) is 6.42 Å². The molecule has 0 rings (SSSR count). The predicted molar refractivity (Wildman–Crippen MR) is 126 cm³/mol. The average molecular weight is 466 g/mol. The highest BCUT2D eigenvalue weighted by atomic mass is 31.2. The highest BCUT2D eigenvalue weighted by molar-refractivity contribution is 7.50. The number of aliphatic carboxylic acids is 1. The average Bonchev–Trinajstić information content (AvgIpc) is 2.73. The normalized spacial score (nSPS) is 14.4. The zero-order valence-electron chi connectivity index (χ0n) is 19.7. The maximum absolute atomic E-state index is 11.7. The van der Waals surface area contributed by atoms with Crippen LogP contribution < -0.4 is 5.09 Å². The van der Waals surface area contributed by atoms with E-state index in [4.69, 9.17) is 14.7 Å². The molecule has 2 atom stereocenters. The standard InChI is InChI=1S/C23H48NO6P/c1-2-3-4-5-6-7-8-9-10-11-12-13-14-15-16-17-18-19-20-30-31(28,29)24-22(21-25)23(26)27/h22,25H,2-21H2,1H3,(H,26,27)(H2,24,28,29)/t22-/m0/s1. The zero-order valence-corrected chi connectivity index (χ0v) is 20.6. The summed E-state index contributed by atoms with van der Waals surface area (Å²) in [5.74, 6) is -1.39. The fourth-order valence-electron chi connectivity index (χ4n) is 3.60. The van der Waals surface area contributed by atoms with Crippen LogP contribution in [0.4, 0.5) is 0 Å². The van der Waals surface area contributed by atoms with Crippen LogP contribution in [-0.2, 0) is 13.9 Å². The quantitative estimate of drug-likeness (QED) is 0.0993. The molecule has 0 aromatic rings. The molecule has 7 nitrogen and oxygen atoms in total. The van der Waals surface area contributed by atoms with Crippen LogP contribution in [0.15, 0.2) is 0 Å². The fraction of sp³-hybridized carbons (Fsp3) is 0.957. The first-order valence-electron chi connectivity index (χ1n) is 12.5. The number of aliphatic hydroxyl groups is 1. The molecule has 8 heteroatoms. The number of rotatable bonds is 24. The van der Waals surface area contributed by atoms with Crippen molar-refractivity contribution in [3.63, 3.8) is 0 Å². The van der Waals surface area contributed by atoms with Crippen LogP contribution in [-0.4, -0.2) is 40.3 Å². The van der Waals surface area contributed by atoms with Gasteiger partial charge in [0.25, 0.3) is 0 Å². The van der Waals surface area contributed by atoms with Crippen molar-refractivity contribution in [1.29, 1.82) is 0 Å². The molecule has 31 heavy (non-hydrogen) atoms. The van der Waals surface area contributed by atoms with E-state index in [9.17, 15) is 14.3 Å². The molecule has 186 valence electrons. The van der Waals surface area contributed by atoms with E-state index in [2.05, 4.69) is 6.92 Å². The van der Waals surface area contributed by atoms with E-state index in [1.54, 1.807) is 0 Å². The van der Waals surface area contributed by atoms with Gasteiger partial charge in [-0.15, -0.1) is 0 Å². The third-order valence-electron chi connectivity index (χ3n) is 5.56. The summed E-state index contributed by atoms with van der Waals surface area (Å²) in [6.07, 6.45) is 22.9. The first kappa shape index (κ1) is 30.5. The van der Waals surface area contributed by atoms with Gasteiger partial charge in [-0.3, -0.25) is 9.32 Å². The van der Waals surface area contributed by atoms with E-state index in [0.717, 1.165) is 12.8 Å². The molecule has 0 heterocycles. The van der Waals surface area contributed by atoms with Crippen molar-refractivity contribution in [3.8, 4) is 0 Å². The van der Waals surface area contributed by atoms with Crippen LogP contribution in [0, 0.1) is 0 Å². The fourth-order valence-corrected chi connectivity index (χ4v) is 4.64. The smallest absolute Gasteiger partial charge is 0.403 e. The van der Waals surface area contributed by atoms with Crippen LogP contribution in [0.5, 0.6) is 0 Å². The molecule has 0 aromatic heterocycles. The first-order valence-corrected chi connectivity index (χ1v) is 14.1. The second-order valence-corrected chi connectivity index (χ2v) is 10.1. The Morgan fingerprint density at radius 2 is 1.13 bits per heavy atom. The Kier molecular flexibility index (Phi) is 21.1. The third-order valence-corrected chi connectivity index (χ3v) is 6.73. The highest BCUT2D eigenvalue weighted by Crippen LogP contribution is 2.37. The minimum Gasteiger partial charge on any atom is -0.480 e. The largest absolute Gasteiger partial charge is 0.480 e. The Balaban J connectivity index is 3.33. The van der Waals surface area contributed by atoms with E-state index in [-0.39, 0.29) is 6.61 Å². The van der Waals surface area contributed by atoms with Crippen molar-refractivity contribution in [3.05, 3.63) is 0 Å². The van der Waals surface area contributed by atoms with Crippen LogP contribution in [0.3, 0.4) is 0 Å². The van der Waals surface area contributed by atoms with Crippen molar-refractivity contribution in [1.82, 2.24) is 5.09 Å². The molecule has 0 saturated carbocycles. The molecule has 0 fully saturated rings. The zero-order chi connectivity index (χ0) is 23.2. The van der Waals surface area contributed by atoms with Crippen molar-refractivity contribution in [2.24, 2.45) is 0 Å². The molecule has 4 N–H and O–H groups in total. The number of carboxylic acids is 1. The second kappa shape index (κ2) is 21.4. The minimum atomic E-state index is -4.20. The Morgan fingerprint density at radius 3 is 1.45 bits per heavy atom. The Bertz CT molecular complexity index is 463. The number of hydrogen-bond acceptors (Lipinski definition) is 4. The molecule has 0 amide bonds. The van der Waals surface area contributed by atoms with Crippen LogP contribution in [0.25, 0.3) is 0 Å². The monoisotopic (exact) mass is 465 g/mol. The maximum atomic E-state index is 11.7. The lowest BCUT2D eigenvalue weighted by Gasteiger charge is -2.17. The first-order chi connectivity index (χ1) is 14.9. The van der Waals surface area contributed by atoms with Gasteiger partial charge in [-0.25, -0.2) is 9.65 Å². The third kappa shape index (κ3) is 21.2. The van der Waals surface area contributed by atoms with Gasteiger partial charge >= 0.3 is 13.7 Å². The molecule has 0 radical (unpaired) electrons. The molecule has 0 aliphatic carbocycles. The molecule has 0 spiro atoms. The summed E-state index contributed by atoms with van der Waals surface area (Å²) in [4.78, 5) is 20.3. The highest BCUT2D eigenvalue weighted by Gasteiger charge is 2.28. The Hall–Kier alpha value is -0.460. The molecule has 0 aliphatic heterocycles. The number of carboxylic acid groups (broad SMARTS) is 1. The van der Waals surface area contributed by atoms with E-state index >= 15 is 0 Å². The number of hydrogen-bond donors (Lipinski definition) is 4.